The minimum Gasteiger partial charge on any atom is -0.352 e. The van der Waals surface area contributed by atoms with Crippen molar-refractivity contribution in [2.75, 3.05) is 13.1 Å². The maximum Gasteiger partial charge on any atom is 0.251 e. The first kappa shape index (κ1) is 18.2. The van der Waals surface area contributed by atoms with E-state index in [1.165, 1.54) is 24.3 Å². The van der Waals surface area contributed by atoms with Crippen molar-refractivity contribution in [1.29, 1.82) is 0 Å². The van der Waals surface area contributed by atoms with Crippen molar-refractivity contribution in [2.24, 2.45) is 0 Å². The largest absolute Gasteiger partial charge is 0.352 e. The molecule has 130 valence electrons. The Balaban J connectivity index is 1.85. The van der Waals surface area contributed by atoms with Gasteiger partial charge in [-0.1, -0.05) is 6.92 Å². The molecule has 7 nitrogen and oxygen atoms in total. The van der Waals surface area contributed by atoms with Gasteiger partial charge in [0.1, 0.15) is 5.82 Å². The minimum absolute atomic E-state index is 0.150. The van der Waals surface area contributed by atoms with E-state index < -0.39 is 10.0 Å². The van der Waals surface area contributed by atoms with Crippen LogP contribution in [0.15, 0.2) is 41.6 Å². The fraction of sp³-hybridized carbons (Fsp3) is 0.375. The molecule has 1 aromatic carbocycles. The molecular formula is C16H22N4O3S. The number of imidazole rings is 1. The summed E-state index contributed by atoms with van der Waals surface area (Å²) < 4.78 is 28.1. The summed E-state index contributed by atoms with van der Waals surface area (Å²) in [5, 5.41) is 2.83. The number of aryl methyl sites for hydroxylation is 2. The van der Waals surface area contributed by atoms with Gasteiger partial charge in [-0.2, -0.15) is 0 Å². The van der Waals surface area contributed by atoms with Crippen LogP contribution in [-0.4, -0.2) is 37.0 Å². The normalized spacial score (nSPS) is 11.4. The highest BCUT2D eigenvalue weighted by Gasteiger charge is 2.13. The van der Waals surface area contributed by atoms with Gasteiger partial charge < -0.3 is 9.88 Å². The van der Waals surface area contributed by atoms with Crippen LogP contribution in [0.4, 0.5) is 0 Å². The van der Waals surface area contributed by atoms with Gasteiger partial charge in [-0.3, -0.25) is 4.79 Å². The molecule has 0 fully saturated rings. The number of hydrogen-bond donors (Lipinski definition) is 2. The highest BCUT2D eigenvalue weighted by Crippen LogP contribution is 2.10. The van der Waals surface area contributed by atoms with Crippen LogP contribution in [0.3, 0.4) is 0 Å². The van der Waals surface area contributed by atoms with E-state index in [1.807, 2.05) is 17.7 Å². The third-order valence-corrected chi connectivity index (χ3v) is 5.11. The standard InChI is InChI=1S/C16H22N4O3S/c1-3-19-24(22,23)15-7-5-14(6-8-15)16(21)18-9-4-11-20-12-10-17-13(20)2/h5-8,10,12,19H,3-4,9,11H2,1-2H3,(H,18,21). The lowest BCUT2D eigenvalue weighted by Crippen LogP contribution is -2.26. The SMILES string of the molecule is CCNS(=O)(=O)c1ccc(C(=O)NCCCn2ccnc2C)cc1. The van der Waals surface area contributed by atoms with Crippen molar-refractivity contribution >= 4 is 15.9 Å². The molecule has 0 saturated carbocycles. The quantitative estimate of drug-likeness (QED) is 0.702. The Bertz CT molecular complexity index is 782. The summed E-state index contributed by atoms with van der Waals surface area (Å²) in [4.78, 5) is 16.4. The Kier molecular flexibility index (Phi) is 6.10. The molecule has 0 spiro atoms. The number of amides is 1. The zero-order chi connectivity index (χ0) is 17.6. The number of hydrogen-bond acceptors (Lipinski definition) is 4. The zero-order valence-electron chi connectivity index (χ0n) is 13.8. The maximum absolute atomic E-state index is 12.1. The van der Waals surface area contributed by atoms with Gasteiger partial charge in [-0.05, 0) is 37.6 Å². The molecule has 0 unspecified atom stereocenters. The molecule has 0 radical (unpaired) electrons. The summed E-state index contributed by atoms with van der Waals surface area (Å²) in [5.74, 6) is 0.726. The predicted octanol–water partition coefficient (Wildman–Crippen LogP) is 1.31. The second-order valence-corrected chi connectivity index (χ2v) is 7.07. The van der Waals surface area contributed by atoms with Crippen molar-refractivity contribution in [1.82, 2.24) is 19.6 Å². The van der Waals surface area contributed by atoms with E-state index in [0.29, 0.717) is 18.7 Å². The summed E-state index contributed by atoms with van der Waals surface area (Å²) in [6.07, 6.45) is 4.44. The van der Waals surface area contributed by atoms with E-state index in [4.69, 9.17) is 0 Å². The van der Waals surface area contributed by atoms with Gasteiger partial charge in [0.15, 0.2) is 0 Å². The molecule has 2 N–H and O–H groups in total. The molecule has 1 heterocycles. The van der Waals surface area contributed by atoms with Gasteiger partial charge in [0.05, 0.1) is 4.90 Å². The van der Waals surface area contributed by atoms with E-state index in [9.17, 15) is 13.2 Å². The first-order valence-corrected chi connectivity index (χ1v) is 9.28. The van der Waals surface area contributed by atoms with Crippen LogP contribution < -0.4 is 10.0 Å². The highest BCUT2D eigenvalue weighted by molar-refractivity contribution is 7.89. The average molecular weight is 350 g/mol. The number of nitrogens with zero attached hydrogens (tertiary/aromatic N) is 2. The summed E-state index contributed by atoms with van der Waals surface area (Å²) in [5.41, 5.74) is 0.434. The monoisotopic (exact) mass is 350 g/mol. The van der Waals surface area contributed by atoms with Crippen LogP contribution in [0.25, 0.3) is 0 Å². The maximum atomic E-state index is 12.1. The molecule has 2 rings (SSSR count). The molecule has 0 atom stereocenters. The first-order chi connectivity index (χ1) is 11.4. The molecule has 0 aliphatic carbocycles. The van der Waals surface area contributed by atoms with Crippen LogP contribution in [0.1, 0.15) is 29.5 Å². The number of benzene rings is 1. The van der Waals surface area contributed by atoms with E-state index in [1.54, 1.807) is 13.1 Å². The van der Waals surface area contributed by atoms with E-state index in [2.05, 4.69) is 15.0 Å². The molecule has 0 saturated heterocycles. The highest BCUT2D eigenvalue weighted by atomic mass is 32.2. The molecule has 2 aromatic rings. The van der Waals surface area contributed by atoms with Crippen LogP contribution in [0.2, 0.25) is 0 Å². The second-order valence-electron chi connectivity index (χ2n) is 5.30. The second kappa shape index (κ2) is 8.07. The smallest absolute Gasteiger partial charge is 0.251 e. The van der Waals surface area contributed by atoms with Crippen LogP contribution in [0.5, 0.6) is 0 Å². The number of carbonyl (C=O) groups excluding carboxylic acids is 1. The van der Waals surface area contributed by atoms with Gasteiger partial charge in [0, 0.05) is 37.6 Å². The Labute approximate surface area is 142 Å². The Morgan fingerprint density at radius 3 is 2.54 bits per heavy atom. The number of sulfonamides is 1. The summed E-state index contributed by atoms with van der Waals surface area (Å²) in [6, 6.07) is 5.89. The number of aromatic nitrogens is 2. The van der Waals surface area contributed by atoms with Gasteiger partial charge in [0.25, 0.3) is 5.91 Å². The molecule has 1 aromatic heterocycles. The lowest BCUT2D eigenvalue weighted by molar-refractivity contribution is 0.0952. The first-order valence-electron chi connectivity index (χ1n) is 7.79. The third-order valence-electron chi connectivity index (χ3n) is 3.55. The van der Waals surface area contributed by atoms with Crippen molar-refractivity contribution in [3.05, 3.63) is 48.0 Å². The Morgan fingerprint density at radius 1 is 1.25 bits per heavy atom. The van der Waals surface area contributed by atoms with Crippen molar-refractivity contribution < 1.29 is 13.2 Å². The Hall–Kier alpha value is -2.19. The lowest BCUT2D eigenvalue weighted by atomic mass is 10.2. The number of rotatable bonds is 8. The fourth-order valence-electron chi connectivity index (χ4n) is 2.25. The molecule has 24 heavy (non-hydrogen) atoms. The zero-order valence-corrected chi connectivity index (χ0v) is 14.6. The van der Waals surface area contributed by atoms with Crippen molar-refractivity contribution in [3.63, 3.8) is 0 Å². The van der Waals surface area contributed by atoms with E-state index >= 15 is 0 Å². The number of carbonyl (C=O) groups is 1. The van der Waals surface area contributed by atoms with E-state index in [0.717, 1.165) is 18.8 Å². The number of nitrogens with one attached hydrogen (secondary N) is 2. The summed E-state index contributed by atoms with van der Waals surface area (Å²) >= 11 is 0. The van der Waals surface area contributed by atoms with Gasteiger partial charge in [0.2, 0.25) is 10.0 Å². The molecule has 1 amide bonds. The molecular weight excluding hydrogens is 328 g/mol. The Morgan fingerprint density at radius 2 is 1.96 bits per heavy atom. The average Bonchev–Trinajstić information content (AvgIpc) is 2.96. The molecule has 0 aliphatic rings. The van der Waals surface area contributed by atoms with Crippen molar-refractivity contribution in [3.8, 4) is 0 Å². The van der Waals surface area contributed by atoms with Crippen molar-refractivity contribution in [2.45, 2.75) is 31.7 Å². The summed E-state index contributed by atoms with van der Waals surface area (Å²) in [7, 11) is -3.49. The van der Waals surface area contributed by atoms with E-state index in [-0.39, 0.29) is 10.8 Å². The topological polar surface area (TPSA) is 93.1 Å². The van der Waals surface area contributed by atoms with Gasteiger partial charge in [-0.25, -0.2) is 18.1 Å². The third kappa shape index (κ3) is 4.65. The summed E-state index contributed by atoms with van der Waals surface area (Å²) in [6.45, 7) is 5.28. The van der Waals surface area contributed by atoms with Crippen LogP contribution in [-0.2, 0) is 16.6 Å². The van der Waals surface area contributed by atoms with Crippen LogP contribution in [0, 0.1) is 6.92 Å². The van der Waals surface area contributed by atoms with Crippen LogP contribution >= 0.6 is 0 Å². The lowest BCUT2D eigenvalue weighted by Gasteiger charge is -2.08. The molecule has 8 heteroatoms. The fourth-order valence-corrected chi connectivity index (χ4v) is 3.29. The molecule has 0 aliphatic heterocycles. The minimum atomic E-state index is -3.49. The predicted molar refractivity (Wildman–Crippen MR) is 91.2 cm³/mol. The molecule has 0 bridgehead atoms. The van der Waals surface area contributed by atoms with Gasteiger partial charge in [-0.15, -0.1) is 0 Å². The van der Waals surface area contributed by atoms with Gasteiger partial charge >= 0.3 is 0 Å².